The van der Waals surface area contributed by atoms with Crippen molar-refractivity contribution < 1.29 is 14.6 Å². The van der Waals surface area contributed by atoms with Crippen molar-refractivity contribution in [3.63, 3.8) is 0 Å². The van der Waals surface area contributed by atoms with E-state index in [0.717, 1.165) is 11.3 Å². The van der Waals surface area contributed by atoms with Gasteiger partial charge in [0.2, 0.25) is 0 Å². The summed E-state index contributed by atoms with van der Waals surface area (Å²) in [6.07, 6.45) is 0. The molecule has 0 fully saturated rings. The average Bonchev–Trinajstić information content (AvgIpc) is 2.92. The Balaban J connectivity index is 2.08. The molecular weight excluding hydrogens is 363 g/mol. The number of halogens is 2. The van der Waals surface area contributed by atoms with E-state index in [4.69, 9.17) is 27.9 Å². The first-order valence-corrected chi connectivity index (χ1v) is 8.38. The van der Waals surface area contributed by atoms with Crippen molar-refractivity contribution in [2.45, 2.75) is 13.0 Å². The number of hydrogen-bond acceptors (Lipinski definition) is 4. The van der Waals surface area contributed by atoms with Crippen LogP contribution in [0.15, 0.2) is 47.6 Å². The minimum Gasteiger partial charge on any atom is -0.497 e. The Bertz CT molecular complexity index is 837. The average molecular weight is 379 g/mol. The number of rotatable bonds is 4. The highest BCUT2D eigenvalue weighted by Gasteiger charge is 2.40. The van der Waals surface area contributed by atoms with Crippen molar-refractivity contribution in [2.75, 3.05) is 12.1 Å². The summed E-state index contributed by atoms with van der Waals surface area (Å²) >= 11 is 12.3. The molecule has 0 saturated heterocycles. The number of hydrogen-bond donors (Lipinski definition) is 1. The van der Waals surface area contributed by atoms with Gasteiger partial charge in [-0.15, -0.1) is 0 Å². The van der Waals surface area contributed by atoms with Crippen LogP contribution in [0, 0.1) is 5.92 Å². The van der Waals surface area contributed by atoms with Gasteiger partial charge in [-0.05, 0) is 35.9 Å². The lowest BCUT2D eigenvalue weighted by atomic mass is 9.91. The maximum absolute atomic E-state index is 11.6. The second-order valence-electron chi connectivity index (χ2n) is 5.74. The maximum atomic E-state index is 11.6. The van der Waals surface area contributed by atoms with E-state index in [9.17, 15) is 9.90 Å². The maximum Gasteiger partial charge on any atom is 0.352 e. The van der Waals surface area contributed by atoms with Crippen LogP contribution in [0.25, 0.3) is 0 Å². The summed E-state index contributed by atoms with van der Waals surface area (Å²) in [6.45, 7) is 1.84. The summed E-state index contributed by atoms with van der Waals surface area (Å²) in [5.41, 5.74) is 1.61. The van der Waals surface area contributed by atoms with Crippen LogP contribution in [0.3, 0.4) is 0 Å². The van der Waals surface area contributed by atoms with Crippen LogP contribution in [0.5, 0.6) is 5.75 Å². The fourth-order valence-corrected chi connectivity index (χ4v) is 3.47. The molecule has 1 heterocycles. The summed E-state index contributed by atoms with van der Waals surface area (Å²) in [4.78, 5) is 11.6. The minimum absolute atomic E-state index is 0.0897. The lowest BCUT2D eigenvalue weighted by molar-refractivity contribution is -0.129. The predicted molar refractivity (Wildman–Crippen MR) is 98.9 cm³/mol. The molecule has 1 N–H and O–H groups in total. The van der Waals surface area contributed by atoms with Crippen molar-refractivity contribution in [3.05, 3.63) is 58.1 Å². The number of anilines is 1. The zero-order valence-electron chi connectivity index (χ0n) is 13.6. The normalized spacial score (nSPS) is 19.7. The van der Waals surface area contributed by atoms with Crippen LogP contribution >= 0.6 is 23.2 Å². The topological polar surface area (TPSA) is 62.1 Å². The van der Waals surface area contributed by atoms with Crippen molar-refractivity contribution in [1.29, 1.82) is 0 Å². The SMILES string of the molecule is COc1ccc([C@H]2[C@@H](C)C(C(=O)O)=NN2c2ccc(Cl)cc2Cl)cc1. The number of benzene rings is 2. The van der Waals surface area contributed by atoms with Crippen LogP contribution in [0.4, 0.5) is 5.69 Å². The third kappa shape index (κ3) is 3.30. The Labute approximate surface area is 155 Å². The molecule has 2 aromatic carbocycles. The second kappa shape index (κ2) is 6.94. The Kier molecular flexibility index (Phi) is 4.88. The molecule has 0 radical (unpaired) electrons. The lowest BCUT2D eigenvalue weighted by Crippen LogP contribution is -2.26. The molecule has 130 valence electrons. The standard InChI is InChI=1S/C18H16Cl2N2O3/c1-10-16(18(23)24)21-22(15-8-5-12(19)9-14(15)20)17(10)11-3-6-13(25-2)7-4-11/h3-10,17H,1-2H3,(H,23,24)/t10-,17+/m0/s1. The van der Waals surface area contributed by atoms with Crippen molar-refractivity contribution >= 4 is 40.6 Å². The summed E-state index contributed by atoms with van der Waals surface area (Å²) in [7, 11) is 1.60. The number of aliphatic carboxylic acids is 1. The molecule has 2 aromatic rings. The molecule has 0 bridgehead atoms. The summed E-state index contributed by atoms with van der Waals surface area (Å²) in [5, 5.41) is 16.4. The van der Waals surface area contributed by atoms with Gasteiger partial charge in [0, 0.05) is 10.9 Å². The minimum atomic E-state index is -1.04. The third-order valence-electron chi connectivity index (χ3n) is 4.22. The monoisotopic (exact) mass is 378 g/mol. The predicted octanol–water partition coefficient (Wildman–Crippen LogP) is 4.64. The Hall–Kier alpha value is -2.24. The van der Waals surface area contributed by atoms with Crippen LogP contribution in [0.1, 0.15) is 18.5 Å². The summed E-state index contributed by atoms with van der Waals surface area (Å²) in [5.74, 6) is -0.638. The molecule has 0 aliphatic carbocycles. The van der Waals surface area contributed by atoms with Crippen molar-refractivity contribution in [2.24, 2.45) is 11.0 Å². The first-order chi connectivity index (χ1) is 11.9. The van der Waals surface area contributed by atoms with Gasteiger partial charge in [0.05, 0.1) is 23.9 Å². The molecule has 1 aliphatic rings. The van der Waals surface area contributed by atoms with E-state index in [2.05, 4.69) is 5.10 Å². The van der Waals surface area contributed by atoms with E-state index in [1.807, 2.05) is 31.2 Å². The zero-order chi connectivity index (χ0) is 18.1. The molecule has 25 heavy (non-hydrogen) atoms. The molecule has 0 aromatic heterocycles. The number of carboxylic acid groups (broad SMARTS) is 1. The fraction of sp³-hybridized carbons (Fsp3) is 0.222. The van der Waals surface area contributed by atoms with Gasteiger partial charge in [-0.3, -0.25) is 5.01 Å². The lowest BCUT2D eigenvalue weighted by Gasteiger charge is -2.27. The molecule has 1 aliphatic heterocycles. The van der Waals surface area contributed by atoms with Crippen LogP contribution in [-0.4, -0.2) is 23.9 Å². The van der Waals surface area contributed by atoms with Gasteiger partial charge >= 0.3 is 5.97 Å². The first-order valence-electron chi connectivity index (χ1n) is 7.62. The largest absolute Gasteiger partial charge is 0.497 e. The van der Waals surface area contributed by atoms with E-state index in [1.165, 1.54) is 0 Å². The van der Waals surface area contributed by atoms with Crippen molar-refractivity contribution in [1.82, 2.24) is 0 Å². The van der Waals surface area contributed by atoms with Gasteiger partial charge in [0.25, 0.3) is 0 Å². The molecule has 0 amide bonds. The summed E-state index contributed by atoms with van der Waals surface area (Å²) < 4.78 is 5.19. The van der Waals surface area contributed by atoms with Crippen LogP contribution in [0.2, 0.25) is 10.0 Å². The molecule has 0 saturated carbocycles. The highest BCUT2D eigenvalue weighted by molar-refractivity contribution is 6.38. The number of ether oxygens (including phenoxy) is 1. The van der Waals surface area contributed by atoms with Gasteiger partial charge in [-0.2, -0.15) is 5.10 Å². The molecule has 2 atom stereocenters. The van der Waals surface area contributed by atoms with Gasteiger partial charge in [-0.25, -0.2) is 4.79 Å². The number of nitrogens with zero attached hydrogens (tertiary/aromatic N) is 2. The molecule has 0 unspecified atom stereocenters. The quantitative estimate of drug-likeness (QED) is 0.841. The second-order valence-corrected chi connectivity index (χ2v) is 6.58. The zero-order valence-corrected chi connectivity index (χ0v) is 15.1. The number of carboxylic acids is 1. The molecular formula is C18H16Cl2N2O3. The Morgan fingerprint density at radius 2 is 1.88 bits per heavy atom. The van der Waals surface area contributed by atoms with Gasteiger partial charge in [0.1, 0.15) is 5.75 Å². The molecule has 7 heteroatoms. The van der Waals surface area contributed by atoms with E-state index in [1.54, 1.807) is 30.3 Å². The van der Waals surface area contributed by atoms with E-state index in [-0.39, 0.29) is 17.7 Å². The molecule has 5 nitrogen and oxygen atoms in total. The van der Waals surface area contributed by atoms with E-state index in [0.29, 0.717) is 15.7 Å². The number of methoxy groups -OCH3 is 1. The third-order valence-corrected chi connectivity index (χ3v) is 4.75. The molecule has 0 spiro atoms. The molecule has 3 rings (SSSR count). The highest BCUT2D eigenvalue weighted by atomic mass is 35.5. The highest BCUT2D eigenvalue weighted by Crippen LogP contribution is 2.42. The van der Waals surface area contributed by atoms with Crippen molar-refractivity contribution in [3.8, 4) is 5.75 Å². The smallest absolute Gasteiger partial charge is 0.352 e. The van der Waals surface area contributed by atoms with Gasteiger partial charge in [-0.1, -0.05) is 42.3 Å². The van der Waals surface area contributed by atoms with Gasteiger partial charge < -0.3 is 9.84 Å². The number of hydrazone groups is 1. The van der Waals surface area contributed by atoms with Crippen LogP contribution in [-0.2, 0) is 4.79 Å². The summed E-state index contributed by atoms with van der Waals surface area (Å²) in [6, 6.07) is 12.2. The van der Waals surface area contributed by atoms with E-state index < -0.39 is 5.97 Å². The Morgan fingerprint density at radius 1 is 1.20 bits per heavy atom. The van der Waals surface area contributed by atoms with E-state index >= 15 is 0 Å². The van der Waals surface area contributed by atoms with Crippen LogP contribution < -0.4 is 9.75 Å². The fourth-order valence-electron chi connectivity index (χ4n) is 2.97. The number of carbonyl (C=O) groups is 1. The van der Waals surface area contributed by atoms with Gasteiger partial charge in [0.15, 0.2) is 5.71 Å². The first kappa shape index (κ1) is 17.6. The Morgan fingerprint density at radius 3 is 2.44 bits per heavy atom.